The number of ether oxygens (including phenoxy) is 1. The zero-order chi connectivity index (χ0) is 24.6. The minimum Gasteiger partial charge on any atom is -0.456 e. The van der Waals surface area contributed by atoms with Gasteiger partial charge in [0.15, 0.2) is 5.69 Å². The molecule has 6 rings (SSSR count). The van der Waals surface area contributed by atoms with Crippen LogP contribution in [0, 0.1) is 6.92 Å². The molecule has 0 saturated carbocycles. The SMILES string of the molecule is Cc1cccc(-c2[nH]cnc2-c2ccc3ncc(-c4nc(C(=O)O[C@@H]5CCN(C)C5)cs4)cc3c2)n1. The van der Waals surface area contributed by atoms with Crippen LogP contribution in [-0.2, 0) is 4.74 Å². The number of rotatable bonds is 5. The number of fused-ring (bicyclic) bond motifs is 1. The molecule has 1 aromatic carbocycles. The topological polar surface area (TPSA) is 96.9 Å². The lowest BCUT2D eigenvalue weighted by Gasteiger charge is -2.10. The van der Waals surface area contributed by atoms with Gasteiger partial charge in [-0.05, 0) is 50.7 Å². The molecule has 1 fully saturated rings. The number of benzene rings is 1. The third kappa shape index (κ3) is 4.38. The maximum atomic E-state index is 12.6. The van der Waals surface area contributed by atoms with Crippen molar-refractivity contribution in [1.82, 2.24) is 29.8 Å². The lowest BCUT2D eigenvalue weighted by molar-refractivity contribution is 0.0321. The number of imidazole rings is 1. The molecule has 9 heteroatoms. The Bertz CT molecular complexity index is 1580. The fourth-order valence-corrected chi connectivity index (χ4v) is 5.26. The number of hydrogen-bond acceptors (Lipinski definition) is 8. The first kappa shape index (κ1) is 22.5. The van der Waals surface area contributed by atoms with Crippen LogP contribution in [0.5, 0.6) is 0 Å². The van der Waals surface area contributed by atoms with Crippen molar-refractivity contribution in [3.63, 3.8) is 0 Å². The summed E-state index contributed by atoms with van der Waals surface area (Å²) in [6.07, 6.45) is 4.26. The largest absolute Gasteiger partial charge is 0.456 e. The second-order valence-corrected chi connectivity index (χ2v) is 9.90. The number of thiazole rings is 1. The van der Waals surface area contributed by atoms with Crippen LogP contribution >= 0.6 is 11.3 Å². The number of carbonyl (C=O) groups excluding carboxylic acids is 1. The highest BCUT2D eigenvalue weighted by molar-refractivity contribution is 7.13. The normalized spacial score (nSPS) is 16.0. The van der Waals surface area contributed by atoms with Crippen LogP contribution in [0.15, 0.2) is 60.4 Å². The summed E-state index contributed by atoms with van der Waals surface area (Å²) in [5.74, 6) is -0.371. The van der Waals surface area contributed by atoms with Gasteiger partial charge >= 0.3 is 5.97 Å². The van der Waals surface area contributed by atoms with Gasteiger partial charge in [0.1, 0.15) is 11.1 Å². The third-order valence-electron chi connectivity index (χ3n) is 6.32. The van der Waals surface area contributed by atoms with Gasteiger partial charge < -0.3 is 14.6 Å². The molecule has 5 aromatic rings. The molecule has 0 bridgehead atoms. The molecule has 0 amide bonds. The molecule has 0 spiro atoms. The van der Waals surface area contributed by atoms with Crippen LogP contribution in [0.25, 0.3) is 44.1 Å². The van der Waals surface area contributed by atoms with Gasteiger partial charge in [-0.15, -0.1) is 11.3 Å². The van der Waals surface area contributed by atoms with E-state index >= 15 is 0 Å². The predicted octanol–water partition coefficient (Wildman–Crippen LogP) is 4.98. The molecule has 0 aliphatic carbocycles. The van der Waals surface area contributed by atoms with E-state index in [9.17, 15) is 4.79 Å². The van der Waals surface area contributed by atoms with E-state index in [-0.39, 0.29) is 12.1 Å². The molecular weight excluding hydrogens is 472 g/mol. The fraction of sp³-hybridized carbons (Fsp3) is 0.222. The summed E-state index contributed by atoms with van der Waals surface area (Å²) in [7, 11) is 2.03. The molecule has 8 nitrogen and oxygen atoms in total. The highest BCUT2D eigenvalue weighted by Gasteiger charge is 2.25. The summed E-state index contributed by atoms with van der Waals surface area (Å²) in [4.78, 5) is 36.3. The smallest absolute Gasteiger partial charge is 0.358 e. The van der Waals surface area contributed by atoms with E-state index in [1.165, 1.54) is 11.3 Å². The molecule has 1 aliphatic heterocycles. The Balaban J connectivity index is 1.29. The van der Waals surface area contributed by atoms with Crippen LogP contribution in [0.4, 0.5) is 0 Å². The second kappa shape index (κ2) is 9.25. The summed E-state index contributed by atoms with van der Waals surface area (Å²) >= 11 is 1.41. The minimum absolute atomic E-state index is 0.0738. The number of pyridine rings is 2. The van der Waals surface area contributed by atoms with Crippen LogP contribution in [0.3, 0.4) is 0 Å². The van der Waals surface area contributed by atoms with Gasteiger partial charge in [0.25, 0.3) is 0 Å². The van der Waals surface area contributed by atoms with Crippen molar-refractivity contribution in [1.29, 1.82) is 0 Å². The van der Waals surface area contributed by atoms with Crippen molar-refractivity contribution in [3.05, 3.63) is 71.8 Å². The van der Waals surface area contributed by atoms with E-state index in [1.807, 2.05) is 50.4 Å². The molecule has 5 heterocycles. The molecular formula is C27H24N6O2S. The van der Waals surface area contributed by atoms with Crippen LogP contribution < -0.4 is 0 Å². The Morgan fingerprint density at radius 1 is 1.14 bits per heavy atom. The summed E-state index contributed by atoms with van der Waals surface area (Å²) in [5.41, 5.74) is 6.53. The van der Waals surface area contributed by atoms with Crippen LogP contribution in [0.1, 0.15) is 22.6 Å². The van der Waals surface area contributed by atoms with Gasteiger partial charge in [0.05, 0.1) is 28.9 Å². The number of esters is 1. The van der Waals surface area contributed by atoms with Crippen LogP contribution in [0.2, 0.25) is 0 Å². The first-order valence-corrected chi connectivity index (χ1v) is 12.6. The number of hydrogen-bond donors (Lipinski definition) is 1. The monoisotopic (exact) mass is 496 g/mol. The first-order valence-electron chi connectivity index (χ1n) is 11.8. The van der Waals surface area contributed by atoms with Gasteiger partial charge in [0.2, 0.25) is 0 Å². The van der Waals surface area contributed by atoms with Crippen molar-refractivity contribution >= 4 is 28.2 Å². The van der Waals surface area contributed by atoms with Crippen molar-refractivity contribution in [2.24, 2.45) is 0 Å². The number of carbonyl (C=O) groups is 1. The standard InChI is InChI=1S/C27H24N6O2S/c1-16-4-3-5-22(31-16)25-24(29-15-30-25)17-6-7-21-18(10-17)11-19(12-28-21)26-32-23(14-36-26)27(34)35-20-8-9-33(2)13-20/h3-7,10-12,14-15,20H,8-9,13H2,1-2H3,(H,29,30)/t20-/m1/s1. The lowest BCUT2D eigenvalue weighted by atomic mass is 10.0. The van der Waals surface area contributed by atoms with Crippen molar-refractivity contribution in [2.45, 2.75) is 19.4 Å². The van der Waals surface area contributed by atoms with Crippen molar-refractivity contribution < 1.29 is 9.53 Å². The van der Waals surface area contributed by atoms with Crippen molar-refractivity contribution in [3.8, 4) is 33.2 Å². The molecule has 1 aliphatic rings. The van der Waals surface area contributed by atoms with E-state index in [4.69, 9.17) is 4.74 Å². The van der Waals surface area contributed by atoms with E-state index in [2.05, 4.69) is 35.9 Å². The minimum atomic E-state index is -0.371. The molecule has 36 heavy (non-hydrogen) atoms. The third-order valence-corrected chi connectivity index (χ3v) is 7.21. The van der Waals surface area contributed by atoms with Gasteiger partial charge in [-0.3, -0.25) is 9.97 Å². The van der Waals surface area contributed by atoms with E-state index in [0.717, 1.165) is 69.3 Å². The number of aryl methyl sites for hydroxylation is 1. The van der Waals surface area contributed by atoms with Crippen LogP contribution in [-0.4, -0.2) is 62.0 Å². The number of aromatic amines is 1. The summed E-state index contributed by atoms with van der Waals surface area (Å²) in [6.45, 7) is 3.67. The fourth-order valence-electron chi connectivity index (χ4n) is 4.49. The Labute approximate surface area is 212 Å². The number of nitrogens with zero attached hydrogens (tertiary/aromatic N) is 5. The maximum absolute atomic E-state index is 12.6. The Morgan fingerprint density at radius 3 is 2.86 bits per heavy atom. The van der Waals surface area contributed by atoms with Gasteiger partial charge in [0, 0.05) is 46.9 Å². The predicted molar refractivity (Wildman–Crippen MR) is 140 cm³/mol. The van der Waals surface area contributed by atoms with E-state index in [1.54, 1.807) is 17.9 Å². The summed E-state index contributed by atoms with van der Waals surface area (Å²) in [5, 5.41) is 3.45. The molecule has 0 unspecified atom stereocenters. The maximum Gasteiger partial charge on any atom is 0.358 e. The highest BCUT2D eigenvalue weighted by atomic mass is 32.1. The van der Waals surface area contributed by atoms with E-state index < -0.39 is 0 Å². The number of likely N-dealkylation sites (N-methyl/N-ethyl adjacent to an activating group) is 1. The molecule has 1 N–H and O–H groups in total. The Hall–Kier alpha value is -3.95. The number of H-pyrrole nitrogens is 1. The van der Waals surface area contributed by atoms with Gasteiger partial charge in [-0.2, -0.15) is 0 Å². The summed E-state index contributed by atoms with van der Waals surface area (Å²) < 4.78 is 5.63. The zero-order valence-corrected chi connectivity index (χ0v) is 20.7. The average molecular weight is 497 g/mol. The Kier molecular flexibility index (Phi) is 5.79. The van der Waals surface area contributed by atoms with Crippen molar-refractivity contribution in [2.75, 3.05) is 20.1 Å². The average Bonchev–Trinajstić information content (AvgIpc) is 3.64. The zero-order valence-electron chi connectivity index (χ0n) is 19.9. The van der Waals surface area contributed by atoms with Gasteiger partial charge in [-0.1, -0.05) is 12.1 Å². The highest BCUT2D eigenvalue weighted by Crippen LogP contribution is 2.32. The first-order chi connectivity index (χ1) is 17.5. The number of aromatic nitrogens is 5. The number of nitrogens with one attached hydrogen (secondary N) is 1. The molecule has 1 saturated heterocycles. The summed E-state index contributed by atoms with van der Waals surface area (Å²) in [6, 6.07) is 14.1. The molecule has 1 atom stereocenters. The number of likely N-dealkylation sites (tertiary alicyclic amines) is 1. The molecule has 0 radical (unpaired) electrons. The lowest BCUT2D eigenvalue weighted by Crippen LogP contribution is -2.22. The second-order valence-electron chi connectivity index (χ2n) is 9.04. The van der Waals surface area contributed by atoms with Gasteiger partial charge in [-0.25, -0.2) is 14.8 Å². The molecule has 4 aromatic heterocycles. The van der Waals surface area contributed by atoms with E-state index in [0.29, 0.717) is 5.69 Å². The quantitative estimate of drug-likeness (QED) is 0.343. The Morgan fingerprint density at radius 2 is 2.03 bits per heavy atom. The molecule has 180 valence electrons.